The zero-order chi connectivity index (χ0) is 24.0. The second kappa shape index (κ2) is 12.0. The van der Waals surface area contributed by atoms with Gasteiger partial charge in [-0.2, -0.15) is 0 Å². The standard InChI is InChI=1S/C20H34O8P2S/c1-13(2)25-29(23,26-14(3)4)20(30(24,27-15(5)6)28-16(7)8)31-18-12-10-9-11-17(18)19(21)22/h9-16,20H,1-8H3,(H,21,22). The quantitative estimate of drug-likeness (QED) is 0.232. The van der Waals surface area contributed by atoms with Crippen LogP contribution in [0.25, 0.3) is 0 Å². The molecule has 0 aliphatic rings. The summed E-state index contributed by atoms with van der Waals surface area (Å²) in [5.41, 5.74) is -0.0289. The molecule has 11 heteroatoms. The number of rotatable bonds is 13. The number of thioether (sulfide) groups is 1. The monoisotopic (exact) mass is 496 g/mol. The van der Waals surface area contributed by atoms with Crippen LogP contribution in [0.4, 0.5) is 0 Å². The fourth-order valence-electron chi connectivity index (χ4n) is 2.60. The summed E-state index contributed by atoms with van der Waals surface area (Å²) in [5, 5.41) is 9.59. The average Bonchev–Trinajstić information content (AvgIpc) is 2.56. The van der Waals surface area contributed by atoms with Gasteiger partial charge in [0.2, 0.25) is 4.73 Å². The van der Waals surface area contributed by atoms with E-state index in [9.17, 15) is 19.0 Å². The smallest absolute Gasteiger partial charge is 0.356 e. The van der Waals surface area contributed by atoms with Crippen LogP contribution in [0.1, 0.15) is 65.7 Å². The van der Waals surface area contributed by atoms with Crippen molar-refractivity contribution in [3.8, 4) is 0 Å². The molecule has 1 rings (SSSR count). The fourth-order valence-corrected chi connectivity index (χ4v) is 10.5. The van der Waals surface area contributed by atoms with Crippen molar-refractivity contribution < 1.29 is 37.1 Å². The van der Waals surface area contributed by atoms with Crippen LogP contribution in [0.2, 0.25) is 0 Å². The van der Waals surface area contributed by atoms with E-state index in [-0.39, 0.29) is 10.5 Å². The second-order valence-electron chi connectivity index (χ2n) is 7.94. The second-order valence-corrected chi connectivity index (χ2v) is 14.2. The Kier molecular flexibility index (Phi) is 11.0. The normalized spacial score (nSPS) is 13.2. The zero-order valence-corrected chi connectivity index (χ0v) is 21.9. The van der Waals surface area contributed by atoms with Crippen LogP contribution in [0.3, 0.4) is 0 Å². The van der Waals surface area contributed by atoms with Crippen LogP contribution >= 0.6 is 27.0 Å². The van der Waals surface area contributed by atoms with Crippen molar-refractivity contribution in [3.05, 3.63) is 29.8 Å². The highest BCUT2D eigenvalue weighted by Crippen LogP contribution is 2.76. The first-order chi connectivity index (χ1) is 14.2. The van der Waals surface area contributed by atoms with Crippen LogP contribution in [0, 0.1) is 0 Å². The van der Waals surface area contributed by atoms with Crippen molar-refractivity contribution in [3.63, 3.8) is 0 Å². The van der Waals surface area contributed by atoms with Gasteiger partial charge in [-0.25, -0.2) is 4.79 Å². The summed E-state index contributed by atoms with van der Waals surface area (Å²) in [6.45, 7) is 13.5. The van der Waals surface area contributed by atoms with Gasteiger partial charge in [0.05, 0.1) is 30.0 Å². The molecule has 1 N–H and O–H groups in total. The predicted molar refractivity (Wildman–Crippen MR) is 123 cm³/mol. The Morgan fingerprint density at radius 2 is 1.13 bits per heavy atom. The Balaban J connectivity index is 3.72. The molecule has 1 aromatic rings. The van der Waals surface area contributed by atoms with Crippen molar-refractivity contribution in [2.24, 2.45) is 0 Å². The summed E-state index contributed by atoms with van der Waals surface area (Å²) in [4.78, 5) is 12.0. The van der Waals surface area contributed by atoms with Crippen molar-refractivity contribution >= 4 is 32.9 Å². The molecule has 0 unspecified atom stereocenters. The van der Waals surface area contributed by atoms with Gasteiger partial charge in [-0.1, -0.05) is 23.9 Å². The van der Waals surface area contributed by atoms with E-state index in [0.717, 1.165) is 11.8 Å². The molecule has 8 nitrogen and oxygen atoms in total. The molecule has 0 radical (unpaired) electrons. The summed E-state index contributed by atoms with van der Waals surface area (Å²) in [6.07, 6.45) is -2.08. The molecule has 0 heterocycles. The minimum Gasteiger partial charge on any atom is -0.478 e. The van der Waals surface area contributed by atoms with Gasteiger partial charge in [0.25, 0.3) is 0 Å². The summed E-state index contributed by atoms with van der Waals surface area (Å²) < 4.78 is 49.6. The minimum atomic E-state index is -4.13. The van der Waals surface area contributed by atoms with Gasteiger partial charge in [0.1, 0.15) is 0 Å². The molecule has 0 aromatic heterocycles. The van der Waals surface area contributed by atoms with E-state index in [1.54, 1.807) is 73.6 Å². The maximum atomic E-state index is 14.1. The first-order valence-electron chi connectivity index (χ1n) is 10.1. The van der Waals surface area contributed by atoms with Gasteiger partial charge in [-0.15, -0.1) is 0 Å². The molecule has 0 spiro atoms. The molecule has 0 saturated carbocycles. The van der Waals surface area contributed by atoms with Gasteiger partial charge >= 0.3 is 21.2 Å². The molecule has 0 fully saturated rings. The Hall–Kier alpha value is -0.660. The predicted octanol–water partition coefficient (Wildman–Crippen LogP) is 6.85. The van der Waals surface area contributed by atoms with E-state index < -0.39 is 50.3 Å². The lowest BCUT2D eigenvalue weighted by molar-refractivity contribution is 0.0692. The average molecular weight is 496 g/mol. The Bertz CT molecular complexity index is 759. The van der Waals surface area contributed by atoms with E-state index in [1.165, 1.54) is 6.07 Å². The lowest BCUT2D eigenvalue weighted by Crippen LogP contribution is -2.21. The highest BCUT2D eigenvalue weighted by molar-refractivity contribution is 8.12. The summed E-state index contributed by atoms with van der Waals surface area (Å²) in [6, 6.07) is 6.18. The third-order valence-corrected chi connectivity index (χ3v) is 12.0. The number of carboxylic acids is 1. The highest BCUT2D eigenvalue weighted by Gasteiger charge is 2.54. The molecule has 0 amide bonds. The van der Waals surface area contributed by atoms with Crippen LogP contribution in [0.15, 0.2) is 29.2 Å². The molecule has 0 saturated heterocycles. The molecule has 0 aliphatic carbocycles. The Morgan fingerprint density at radius 1 is 0.774 bits per heavy atom. The molecule has 0 aliphatic heterocycles. The number of benzene rings is 1. The van der Waals surface area contributed by atoms with Gasteiger partial charge < -0.3 is 23.2 Å². The van der Waals surface area contributed by atoms with Crippen LogP contribution in [-0.4, -0.2) is 40.2 Å². The maximum Gasteiger partial charge on any atom is 0.356 e. The number of hydrogen-bond donors (Lipinski definition) is 1. The molecule has 31 heavy (non-hydrogen) atoms. The van der Waals surface area contributed by atoms with Gasteiger partial charge in [0, 0.05) is 4.90 Å². The Labute approximate surface area is 189 Å². The summed E-state index contributed by atoms with van der Waals surface area (Å²) in [5.74, 6) is -1.17. The number of carboxylic acid groups (broad SMARTS) is 1. The summed E-state index contributed by atoms with van der Waals surface area (Å²) >= 11 is 0.818. The minimum absolute atomic E-state index is 0.0289. The molecule has 1 aromatic carbocycles. The molecule has 0 atom stereocenters. The van der Waals surface area contributed by atoms with Crippen molar-refractivity contribution in [2.75, 3.05) is 0 Å². The van der Waals surface area contributed by atoms with Crippen molar-refractivity contribution in [1.82, 2.24) is 0 Å². The lowest BCUT2D eigenvalue weighted by atomic mass is 10.2. The SMILES string of the molecule is CC(C)OP(=O)(OC(C)C)C(Sc1ccccc1C(=O)O)P(=O)(OC(C)C)OC(C)C. The van der Waals surface area contributed by atoms with E-state index in [2.05, 4.69) is 0 Å². The molecular formula is C20H34O8P2S. The van der Waals surface area contributed by atoms with Crippen molar-refractivity contribution in [1.29, 1.82) is 0 Å². The highest BCUT2D eigenvalue weighted by atomic mass is 32.2. The third-order valence-electron chi connectivity index (χ3n) is 3.32. The third kappa shape index (κ3) is 8.65. The molecule has 178 valence electrons. The number of carbonyl (C=O) groups is 1. The van der Waals surface area contributed by atoms with E-state index in [1.807, 2.05) is 0 Å². The zero-order valence-electron chi connectivity index (χ0n) is 19.3. The molecular weight excluding hydrogens is 462 g/mol. The Morgan fingerprint density at radius 3 is 1.45 bits per heavy atom. The first-order valence-corrected chi connectivity index (χ1v) is 14.2. The van der Waals surface area contributed by atoms with E-state index in [4.69, 9.17) is 18.1 Å². The first kappa shape index (κ1) is 28.4. The number of aromatic carboxylic acids is 1. The van der Waals surface area contributed by atoms with E-state index in [0.29, 0.717) is 0 Å². The fraction of sp³-hybridized carbons (Fsp3) is 0.650. The number of hydrogen-bond acceptors (Lipinski definition) is 8. The summed E-state index contributed by atoms with van der Waals surface area (Å²) in [7, 11) is -8.27. The molecule has 0 bridgehead atoms. The maximum absolute atomic E-state index is 14.1. The van der Waals surface area contributed by atoms with Crippen molar-refractivity contribution in [2.45, 2.75) is 89.4 Å². The van der Waals surface area contributed by atoms with Crippen LogP contribution < -0.4 is 0 Å². The van der Waals surface area contributed by atoms with Gasteiger partial charge in [-0.3, -0.25) is 9.13 Å². The van der Waals surface area contributed by atoms with Gasteiger partial charge in [0.15, 0.2) is 0 Å². The topological polar surface area (TPSA) is 108 Å². The van der Waals surface area contributed by atoms with Crippen LogP contribution in [0.5, 0.6) is 0 Å². The van der Waals surface area contributed by atoms with Gasteiger partial charge in [-0.05, 0) is 67.5 Å². The largest absolute Gasteiger partial charge is 0.478 e. The lowest BCUT2D eigenvalue weighted by Gasteiger charge is -2.35. The van der Waals surface area contributed by atoms with Crippen LogP contribution in [-0.2, 0) is 27.2 Å². The van der Waals surface area contributed by atoms with E-state index >= 15 is 0 Å².